The molecule has 4 rings (SSSR count). The van der Waals surface area contributed by atoms with Gasteiger partial charge in [0.1, 0.15) is 11.6 Å². The maximum absolute atomic E-state index is 13.3. The molecule has 0 aliphatic carbocycles. The fraction of sp³-hybridized carbons (Fsp3) is 0.208. The molecule has 1 aromatic heterocycles. The van der Waals surface area contributed by atoms with E-state index in [1.54, 1.807) is 42.6 Å². The molecule has 0 atom stereocenters. The Morgan fingerprint density at radius 2 is 1.75 bits per heavy atom. The van der Waals surface area contributed by atoms with Crippen LogP contribution in [0.2, 0.25) is 5.02 Å². The first-order valence-corrected chi connectivity index (χ1v) is 10.7. The van der Waals surface area contributed by atoms with Gasteiger partial charge in [-0.1, -0.05) is 23.7 Å². The molecular formula is C24H22ClFN4O2. The van der Waals surface area contributed by atoms with Gasteiger partial charge >= 0.3 is 0 Å². The van der Waals surface area contributed by atoms with Crippen LogP contribution in [-0.4, -0.2) is 47.9 Å². The normalized spacial score (nSPS) is 14.1. The summed E-state index contributed by atoms with van der Waals surface area (Å²) in [5.74, 6) is -0.123. The molecule has 8 heteroatoms. The Morgan fingerprint density at radius 3 is 2.50 bits per heavy atom. The Labute approximate surface area is 190 Å². The molecule has 32 heavy (non-hydrogen) atoms. The first kappa shape index (κ1) is 21.8. The highest BCUT2D eigenvalue weighted by Gasteiger charge is 2.21. The summed E-state index contributed by atoms with van der Waals surface area (Å²) in [6.45, 7) is 2.64. The standard InChI is InChI=1S/C24H22ClFN4O2/c25-19-6-1-5-18(14-19)24(32)30-11-3-10-29(12-13-30)22-9-8-21(16-27-22)28-23(31)17-4-2-7-20(26)15-17/h1-2,4-9,14-16H,3,10-13H2,(H,28,31). The molecule has 0 unspecified atom stereocenters. The second-order valence-electron chi connectivity index (χ2n) is 7.51. The Hall–Kier alpha value is -3.45. The minimum atomic E-state index is -0.463. The topological polar surface area (TPSA) is 65.5 Å². The van der Waals surface area contributed by atoms with E-state index in [0.717, 1.165) is 18.8 Å². The average molecular weight is 453 g/mol. The predicted molar refractivity (Wildman–Crippen MR) is 123 cm³/mol. The smallest absolute Gasteiger partial charge is 0.255 e. The largest absolute Gasteiger partial charge is 0.355 e. The highest BCUT2D eigenvalue weighted by Crippen LogP contribution is 2.19. The quantitative estimate of drug-likeness (QED) is 0.634. The van der Waals surface area contributed by atoms with Crippen LogP contribution in [0.15, 0.2) is 66.9 Å². The Bertz CT molecular complexity index is 1120. The van der Waals surface area contributed by atoms with E-state index in [2.05, 4.69) is 15.2 Å². The molecule has 0 saturated carbocycles. The van der Waals surface area contributed by atoms with Gasteiger partial charge in [-0.25, -0.2) is 9.37 Å². The van der Waals surface area contributed by atoms with Gasteiger partial charge in [-0.2, -0.15) is 0 Å². The number of halogens is 2. The van der Waals surface area contributed by atoms with Crippen LogP contribution >= 0.6 is 11.6 Å². The van der Waals surface area contributed by atoms with Gasteiger partial charge < -0.3 is 15.1 Å². The van der Waals surface area contributed by atoms with Crippen molar-refractivity contribution in [1.82, 2.24) is 9.88 Å². The van der Waals surface area contributed by atoms with Crippen LogP contribution in [0.4, 0.5) is 15.9 Å². The van der Waals surface area contributed by atoms with Crippen LogP contribution in [0.1, 0.15) is 27.1 Å². The molecule has 1 aliphatic heterocycles. The summed E-state index contributed by atoms with van der Waals surface area (Å²) in [6.07, 6.45) is 2.39. The van der Waals surface area contributed by atoms with Gasteiger partial charge in [0.05, 0.1) is 11.9 Å². The van der Waals surface area contributed by atoms with Crippen LogP contribution in [0.5, 0.6) is 0 Å². The molecule has 0 spiro atoms. The minimum Gasteiger partial charge on any atom is -0.355 e. The Morgan fingerprint density at radius 1 is 0.938 bits per heavy atom. The molecule has 1 fully saturated rings. The molecule has 6 nitrogen and oxygen atoms in total. The fourth-order valence-corrected chi connectivity index (χ4v) is 3.82. The van der Waals surface area contributed by atoms with Crippen LogP contribution in [0.3, 0.4) is 0 Å². The van der Waals surface area contributed by atoms with Crippen molar-refractivity contribution in [3.8, 4) is 0 Å². The highest BCUT2D eigenvalue weighted by atomic mass is 35.5. The molecule has 1 N–H and O–H groups in total. The van der Waals surface area contributed by atoms with E-state index in [4.69, 9.17) is 11.6 Å². The van der Waals surface area contributed by atoms with Crippen LogP contribution in [0, 0.1) is 5.82 Å². The fourth-order valence-electron chi connectivity index (χ4n) is 3.63. The summed E-state index contributed by atoms with van der Waals surface area (Å²) >= 11 is 6.02. The molecule has 164 valence electrons. The number of carbonyl (C=O) groups is 2. The SMILES string of the molecule is O=C(Nc1ccc(N2CCCN(C(=O)c3cccc(Cl)c3)CC2)nc1)c1cccc(F)c1. The van der Waals surface area contributed by atoms with Gasteiger partial charge in [0.15, 0.2) is 0 Å². The van der Waals surface area contributed by atoms with Crippen molar-refractivity contribution in [2.75, 3.05) is 36.4 Å². The number of hydrogen-bond acceptors (Lipinski definition) is 4. The van der Waals surface area contributed by atoms with Crippen molar-refractivity contribution in [2.45, 2.75) is 6.42 Å². The van der Waals surface area contributed by atoms with E-state index in [-0.39, 0.29) is 11.5 Å². The molecule has 0 radical (unpaired) electrons. The lowest BCUT2D eigenvalue weighted by Gasteiger charge is -2.23. The number of rotatable bonds is 4. The van der Waals surface area contributed by atoms with Crippen molar-refractivity contribution in [1.29, 1.82) is 0 Å². The van der Waals surface area contributed by atoms with E-state index >= 15 is 0 Å². The van der Waals surface area contributed by atoms with E-state index < -0.39 is 11.7 Å². The van der Waals surface area contributed by atoms with Gasteiger partial charge in [0.2, 0.25) is 0 Å². The first-order valence-electron chi connectivity index (χ1n) is 10.3. The second-order valence-corrected chi connectivity index (χ2v) is 7.95. The summed E-state index contributed by atoms with van der Waals surface area (Å²) in [6, 6.07) is 16.1. The Balaban J connectivity index is 1.37. The van der Waals surface area contributed by atoms with Gasteiger partial charge in [-0.15, -0.1) is 0 Å². The monoisotopic (exact) mass is 452 g/mol. The van der Waals surface area contributed by atoms with Gasteiger partial charge in [0.25, 0.3) is 11.8 Å². The molecule has 1 aliphatic rings. The van der Waals surface area contributed by atoms with Crippen molar-refractivity contribution in [2.24, 2.45) is 0 Å². The van der Waals surface area contributed by atoms with Gasteiger partial charge in [-0.3, -0.25) is 9.59 Å². The molecule has 1 saturated heterocycles. The number of pyridine rings is 1. The van der Waals surface area contributed by atoms with Crippen LogP contribution in [-0.2, 0) is 0 Å². The molecule has 2 aromatic carbocycles. The number of aromatic nitrogens is 1. The maximum atomic E-state index is 13.3. The van der Waals surface area contributed by atoms with Crippen LogP contribution in [0.25, 0.3) is 0 Å². The molecule has 0 bridgehead atoms. The number of anilines is 2. The molecule has 3 aromatic rings. The maximum Gasteiger partial charge on any atom is 0.255 e. The lowest BCUT2D eigenvalue weighted by atomic mass is 10.2. The number of nitrogens with zero attached hydrogens (tertiary/aromatic N) is 3. The third-order valence-corrected chi connectivity index (χ3v) is 5.51. The van der Waals surface area contributed by atoms with Crippen molar-refractivity contribution in [3.05, 3.63) is 88.8 Å². The summed E-state index contributed by atoms with van der Waals surface area (Å²) in [5.41, 5.74) is 1.35. The number of amides is 2. The predicted octanol–water partition coefficient (Wildman–Crippen LogP) is 4.48. The van der Waals surface area contributed by atoms with Crippen molar-refractivity contribution < 1.29 is 14.0 Å². The molecule has 2 heterocycles. The lowest BCUT2D eigenvalue weighted by Crippen LogP contribution is -2.35. The van der Waals surface area contributed by atoms with E-state index in [1.165, 1.54) is 18.2 Å². The summed E-state index contributed by atoms with van der Waals surface area (Å²) < 4.78 is 13.3. The highest BCUT2D eigenvalue weighted by molar-refractivity contribution is 6.30. The lowest BCUT2D eigenvalue weighted by molar-refractivity contribution is 0.0767. The molecule has 2 amide bonds. The zero-order valence-electron chi connectivity index (χ0n) is 17.3. The number of nitrogens with one attached hydrogen (secondary N) is 1. The number of benzene rings is 2. The van der Waals surface area contributed by atoms with Crippen molar-refractivity contribution >= 4 is 34.9 Å². The Kier molecular flexibility index (Phi) is 6.66. The average Bonchev–Trinajstić information content (AvgIpc) is 3.05. The van der Waals surface area contributed by atoms with Crippen LogP contribution < -0.4 is 10.2 Å². The molecular weight excluding hydrogens is 431 g/mol. The summed E-state index contributed by atoms with van der Waals surface area (Å²) in [5, 5.41) is 3.26. The first-order chi connectivity index (χ1) is 15.5. The zero-order chi connectivity index (χ0) is 22.5. The third-order valence-electron chi connectivity index (χ3n) is 5.27. The zero-order valence-corrected chi connectivity index (χ0v) is 18.1. The third kappa shape index (κ3) is 5.23. The van der Waals surface area contributed by atoms with E-state index in [1.807, 2.05) is 11.0 Å². The number of hydrogen-bond donors (Lipinski definition) is 1. The second kappa shape index (κ2) is 9.78. The van der Waals surface area contributed by atoms with E-state index in [9.17, 15) is 14.0 Å². The van der Waals surface area contributed by atoms with Gasteiger partial charge in [-0.05, 0) is 55.0 Å². The number of carbonyl (C=O) groups excluding carboxylic acids is 2. The minimum absolute atomic E-state index is 0.0299. The summed E-state index contributed by atoms with van der Waals surface area (Å²) in [7, 11) is 0. The van der Waals surface area contributed by atoms with Crippen molar-refractivity contribution in [3.63, 3.8) is 0 Å². The summed E-state index contributed by atoms with van der Waals surface area (Å²) in [4.78, 5) is 33.5. The van der Waals surface area contributed by atoms with Gasteiger partial charge in [0, 0.05) is 42.3 Å². The van der Waals surface area contributed by atoms with E-state index in [0.29, 0.717) is 35.9 Å².